The molecule has 138 valence electrons. The number of para-hydroxylation sites is 3. The number of benzene rings is 2. The van der Waals surface area contributed by atoms with Gasteiger partial charge >= 0.3 is 6.18 Å². The first kappa shape index (κ1) is 17.1. The maximum atomic E-state index is 13.3. The lowest BCUT2D eigenvalue weighted by Crippen LogP contribution is -2.45. The largest absolute Gasteiger partial charge is 0.477 e. The highest BCUT2D eigenvalue weighted by Crippen LogP contribution is 2.40. The van der Waals surface area contributed by atoms with Crippen molar-refractivity contribution in [1.82, 2.24) is 9.97 Å². The second kappa shape index (κ2) is 6.11. The number of halogens is 3. The summed E-state index contributed by atoms with van der Waals surface area (Å²) in [4.78, 5) is 20.6. The number of aromatic nitrogens is 2. The molecular weight excluding hydrogens is 361 g/mol. The standard InChI is InChI=1S/C18H13F3N4O2/c19-18(20,21)17-23-11-6-2-1-5-10(11)16(24-17)25-9-14(15(22)26)27-13-8-4-3-7-12(13)25/h1-8,14H,9H2,(H2,22,26). The Balaban J connectivity index is 1.97. The molecule has 1 aromatic heterocycles. The Kier molecular flexibility index (Phi) is 3.87. The molecule has 1 amide bonds. The minimum Gasteiger partial charge on any atom is -0.477 e. The number of rotatable bonds is 2. The maximum absolute atomic E-state index is 13.3. The summed E-state index contributed by atoms with van der Waals surface area (Å²) >= 11 is 0. The zero-order valence-electron chi connectivity index (χ0n) is 13.8. The zero-order valence-corrected chi connectivity index (χ0v) is 13.8. The van der Waals surface area contributed by atoms with Crippen LogP contribution in [0.1, 0.15) is 5.82 Å². The molecular formula is C18H13F3N4O2. The molecule has 1 atom stereocenters. The van der Waals surface area contributed by atoms with Crippen LogP contribution in [0.3, 0.4) is 0 Å². The molecule has 9 heteroatoms. The predicted octanol–water partition coefficient (Wildman–Crippen LogP) is 3.03. The van der Waals surface area contributed by atoms with E-state index in [-0.39, 0.29) is 17.9 Å². The van der Waals surface area contributed by atoms with E-state index in [4.69, 9.17) is 10.5 Å². The van der Waals surface area contributed by atoms with Gasteiger partial charge in [-0.05, 0) is 24.3 Å². The van der Waals surface area contributed by atoms with Crippen LogP contribution in [-0.4, -0.2) is 28.5 Å². The highest BCUT2D eigenvalue weighted by molar-refractivity contribution is 5.93. The molecule has 6 nitrogen and oxygen atoms in total. The van der Waals surface area contributed by atoms with Crippen LogP contribution in [0.2, 0.25) is 0 Å². The Bertz CT molecular complexity index is 1040. The average Bonchev–Trinajstić information content (AvgIpc) is 2.65. The molecule has 2 aromatic carbocycles. The molecule has 0 fully saturated rings. The van der Waals surface area contributed by atoms with Crippen LogP contribution in [0.5, 0.6) is 5.75 Å². The number of nitrogens with zero attached hydrogens (tertiary/aromatic N) is 3. The molecule has 0 saturated carbocycles. The van der Waals surface area contributed by atoms with E-state index in [0.717, 1.165) is 0 Å². The highest BCUT2D eigenvalue weighted by Gasteiger charge is 2.38. The Morgan fingerprint density at radius 1 is 1.11 bits per heavy atom. The number of ether oxygens (including phenoxy) is 1. The second-order valence-corrected chi connectivity index (χ2v) is 5.97. The lowest BCUT2D eigenvalue weighted by atomic mass is 10.1. The Morgan fingerprint density at radius 3 is 2.56 bits per heavy atom. The number of carbonyl (C=O) groups excluding carboxylic acids is 1. The quantitative estimate of drug-likeness (QED) is 0.746. The third-order valence-electron chi connectivity index (χ3n) is 4.18. The number of nitrogens with two attached hydrogens (primary N) is 1. The summed E-state index contributed by atoms with van der Waals surface area (Å²) in [6.45, 7) is -0.0648. The van der Waals surface area contributed by atoms with Crippen molar-refractivity contribution in [2.24, 2.45) is 5.73 Å². The normalized spacial score (nSPS) is 16.7. The Labute approximate surface area is 151 Å². The van der Waals surface area contributed by atoms with Gasteiger partial charge in [0.1, 0.15) is 11.6 Å². The molecule has 0 bridgehead atoms. The number of fused-ring (bicyclic) bond motifs is 2. The summed E-state index contributed by atoms with van der Waals surface area (Å²) in [5, 5.41) is 0.422. The fourth-order valence-electron chi connectivity index (χ4n) is 2.98. The topological polar surface area (TPSA) is 81.3 Å². The first-order valence-electron chi connectivity index (χ1n) is 8.01. The van der Waals surface area contributed by atoms with Crippen LogP contribution in [0.15, 0.2) is 48.5 Å². The molecule has 1 aliphatic heterocycles. The first-order valence-corrected chi connectivity index (χ1v) is 8.01. The van der Waals surface area contributed by atoms with Crippen LogP contribution in [0.4, 0.5) is 24.7 Å². The Morgan fingerprint density at radius 2 is 1.81 bits per heavy atom. The SMILES string of the molecule is NC(=O)C1CN(c2nc(C(F)(F)F)nc3ccccc23)c2ccccc2O1. The van der Waals surface area contributed by atoms with Gasteiger partial charge < -0.3 is 15.4 Å². The number of amides is 1. The molecule has 0 saturated heterocycles. The molecule has 4 rings (SSSR count). The molecule has 2 heterocycles. The number of primary amides is 1. The van der Waals surface area contributed by atoms with Gasteiger partial charge in [-0.3, -0.25) is 4.79 Å². The van der Waals surface area contributed by atoms with Crippen molar-refractivity contribution in [3.63, 3.8) is 0 Å². The van der Waals surface area contributed by atoms with Gasteiger partial charge in [-0.25, -0.2) is 9.97 Å². The van der Waals surface area contributed by atoms with Gasteiger partial charge in [0.25, 0.3) is 5.91 Å². The van der Waals surface area contributed by atoms with Gasteiger partial charge in [0.15, 0.2) is 6.10 Å². The number of hydrogen-bond donors (Lipinski definition) is 1. The average molecular weight is 374 g/mol. The van der Waals surface area contributed by atoms with Crippen molar-refractivity contribution in [3.05, 3.63) is 54.4 Å². The number of alkyl halides is 3. The molecule has 0 aliphatic carbocycles. The van der Waals surface area contributed by atoms with Crippen molar-refractivity contribution in [2.45, 2.75) is 12.3 Å². The lowest BCUT2D eigenvalue weighted by Gasteiger charge is -2.34. The van der Waals surface area contributed by atoms with Crippen molar-refractivity contribution >= 4 is 28.3 Å². The molecule has 3 aromatic rings. The third kappa shape index (κ3) is 3.01. The fraction of sp³-hybridized carbons (Fsp3) is 0.167. The van der Waals surface area contributed by atoms with Crippen LogP contribution in [0.25, 0.3) is 10.9 Å². The molecule has 1 aliphatic rings. The summed E-state index contributed by atoms with van der Waals surface area (Å²) < 4.78 is 45.5. The molecule has 0 spiro atoms. The summed E-state index contributed by atoms with van der Waals surface area (Å²) in [7, 11) is 0. The van der Waals surface area contributed by atoms with Crippen LogP contribution >= 0.6 is 0 Å². The summed E-state index contributed by atoms with van der Waals surface area (Å²) in [6.07, 6.45) is -5.74. The predicted molar refractivity (Wildman–Crippen MR) is 91.6 cm³/mol. The van der Waals surface area contributed by atoms with E-state index in [1.54, 1.807) is 42.5 Å². The van der Waals surface area contributed by atoms with Crippen molar-refractivity contribution in [1.29, 1.82) is 0 Å². The van der Waals surface area contributed by atoms with E-state index in [1.165, 1.54) is 11.0 Å². The van der Waals surface area contributed by atoms with Gasteiger partial charge in [0, 0.05) is 5.39 Å². The van der Waals surface area contributed by atoms with Gasteiger partial charge in [0.05, 0.1) is 17.7 Å². The monoisotopic (exact) mass is 374 g/mol. The van der Waals surface area contributed by atoms with Crippen LogP contribution in [0, 0.1) is 0 Å². The lowest BCUT2D eigenvalue weighted by molar-refractivity contribution is -0.144. The molecule has 0 radical (unpaired) electrons. The number of hydrogen-bond acceptors (Lipinski definition) is 5. The maximum Gasteiger partial charge on any atom is 0.451 e. The third-order valence-corrected chi connectivity index (χ3v) is 4.18. The van der Waals surface area contributed by atoms with E-state index in [0.29, 0.717) is 16.8 Å². The van der Waals surface area contributed by atoms with Gasteiger partial charge in [-0.15, -0.1) is 0 Å². The van der Waals surface area contributed by atoms with E-state index in [1.807, 2.05) is 0 Å². The van der Waals surface area contributed by atoms with Crippen molar-refractivity contribution in [2.75, 3.05) is 11.4 Å². The Hall–Kier alpha value is -3.36. The van der Waals surface area contributed by atoms with Gasteiger partial charge in [0.2, 0.25) is 5.82 Å². The van der Waals surface area contributed by atoms with E-state index >= 15 is 0 Å². The number of anilines is 2. The zero-order chi connectivity index (χ0) is 19.2. The van der Waals surface area contributed by atoms with Crippen LogP contribution in [-0.2, 0) is 11.0 Å². The van der Waals surface area contributed by atoms with Crippen LogP contribution < -0.4 is 15.4 Å². The van der Waals surface area contributed by atoms with Gasteiger partial charge in [-0.1, -0.05) is 24.3 Å². The highest BCUT2D eigenvalue weighted by atomic mass is 19.4. The molecule has 2 N–H and O–H groups in total. The minimum absolute atomic E-state index is 0.0370. The van der Waals surface area contributed by atoms with Crippen molar-refractivity contribution in [3.8, 4) is 5.75 Å². The van der Waals surface area contributed by atoms with E-state index < -0.39 is 24.0 Å². The molecule has 27 heavy (non-hydrogen) atoms. The van der Waals surface area contributed by atoms with Crippen molar-refractivity contribution < 1.29 is 22.7 Å². The smallest absolute Gasteiger partial charge is 0.451 e. The molecule has 1 unspecified atom stereocenters. The van der Waals surface area contributed by atoms with Gasteiger partial charge in [-0.2, -0.15) is 13.2 Å². The second-order valence-electron chi connectivity index (χ2n) is 5.97. The number of carbonyl (C=O) groups is 1. The summed E-state index contributed by atoms with van der Waals surface area (Å²) in [5.74, 6) is -1.60. The van der Waals surface area contributed by atoms with E-state index in [2.05, 4.69) is 9.97 Å². The minimum atomic E-state index is -4.71. The van der Waals surface area contributed by atoms with E-state index in [9.17, 15) is 18.0 Å². The summed E-state index contributed by atoms with van der Waals surface area (Å²) in [6, 6.07) is 13.1. The fourth-order valence-corrected chi connectivity index (χ4v) is 2.98. The summed E-state index contributed by atoms with van der Waals surface area (Å²) in [5.41, 5.74) is 6.01. The first-order chi connectivity index (χ1) is 12.8.